The summed E-state index contributed by atoms with van der Waals surface area (Å²) in [6.45, 7) is 10.4. The summed E-state index contributed by atoms with van der Waals surface area (Å²) in [5, 5.41) is 0. The van der Waals surface area contributed by atoms with Crippen molar-refractivity contribution >= 4 is 11.9 Å². The summed E-state index contributed by atoms with van der Waals surface area (Å²) in [6, 6.07) is -1.89. The largest absolute Gasteiger partial charge is 0.459 e. The highest BCUT2D eigenvalue weighted by molar-refractivity contribution is 5.80. The van der Waals surface area contributed by atoms with Crippen molar-refractivity contribution in [3.05, 3.63) is 0 Å². The Morgan fingerprint density at radius 2 is 1.11 bits per heavy atom. The average Bonchev–Trinajstić information content (AvgIpc) is 2.11. The van der Waals surface area contributed by atoms with Crippen molar-refractivity contribution in [2.24, 2.45) is 11.5 Å². The molecule has 0 aliphatic rings. The molecule has 0 radical (unpaired) electrons. The van der Waals surface area contributed by atoms with Gasteiger partial charge in [-0.2, -0.15) is 0 Å². The van der Waals surface area contributed by atoms with Crippen molar-refractivity contribution in [1.29, 1.82) is 0 Å². The Hall–Kier alpha value is -1.14. The van der Waals surface area contributed by atoms with Gasteiger partial charge in [-0.05, 0) is 48.0 Å². The van der Waals surface area contributed by atoms with Gasteiger partial charge in [-0.25, -0.2) is 0 Å². The van der Waals surface area contributed by atoms with Crippen LogP contribution in [0.1, 0.15) is 48.0 Å². The minimum atomic E-state index is -0.943. The first-order valence-corrected chi connectivity index (χ1v) is 6.29. The molecule has 0 saturated carbocycles. The molecule has 0 aromatic heterocycles. The third-order valence-electron chi connectivity index (χ3n) is 1.93. The van der Waals surface area contributed by atoms with Crippen molar-refractivity contribution in [2.75, 3.05) is 0 Å². The molecule has 0 bridgehead atoms. The van der Waals surface area contributed by atoms with Gasteiger partial charge in [-0.1, -0.05) is 0 Å². The molecule has 0 saturated heterocycles. The Morgan fingerprint density at radius 1 is 0.842 bits per heavy atom. The fourth-order valence-corrected chi connectivity index (χ4v) is 1.22. The van der Waals surface area contributed by atoms with Gasteiger partial charge in [0.05, 0.1) is 0 Å². The molecule has 0 aliphatic carbocycles. The van der Waals surface area contributed by atoms with Crippen LogP contribution in [0.25, 0.3) is 0 Å². The first kappa shape index (κ1) is 17.9. The summed E-state index contributed by atoms with van der Waals surface area (Å²) in [4.78, 5) is 23.3. The maximum absolute atomic E-state index is 11.6. The van der Waals surface area contributed by atoms with Crippen molar-refractivity contribution in [3.8, 4) is 0 Å². The maximum Gasteiger partial charge on any atom is 0.323 e. The predicted octanol–water partition coefficient (Wildman–Crippen LogP) is 0.715. The maximum atomic E-state index is 11.6. The second-order valence-corrected chi connectivity index (χ2v) is 6.52. The first-order valence-electron chi connectivity index (χ1n) is 6.29. The summed E-state index contributed by atoms with van der Waals surface area (Å²) < 4.78 is 10.2. The van der Waals surface area contributed by atoms with E-state index in [0.29, 0.717) is 0 Å². The topological polar surface area (TPSA) is 105 Å². The number of carbonyl (C=O) groups is 2. The second kappa shape index (κ2) is 6.34. The molecule has 0 amide bonds. The fourth-order valence-electron chi connectivity index (χ4n) is 1.22. The molecule has 0 aromatic carbocycles. The number of ether oxygens (including phenoxy) is 2. The van der Waals surface area contributed by atoms with Gasteiger partial charge in [0.2, 0.25) is 0 Å². The number of hydrogen-bond acceptors (Lipinski definition) is 6. The third kappa shape index (κ3) is 8.56. The summed E-state index contributed by atoms with van der Waals surface area (Å²) >= 11 is 0. The van der Waals surface area contributed by atoms with E-state index in [0.717, 1.165) is 0 Å². The van der Waals surface area contributed by atoms with E-state index in [1.165, 1.54) is 0 Å². The number of rotatable bonds is 4. The van der Waals surface area contributed by atoms with Crippen LogP contribution in [0.2, 0.25) is 0 Å². The Morgan fingerprint density at radius 3 is 1.32 bits per heavy atom. The van der Waals surface area contributed by atoms with Crippen LogP contribution in [-0.4, -0.2) is 35.2 Å². The van der Waals surface area contributed by atoms with Crippen LogP contribution in [-0.2, 0) is 19.1 Å². The molecule has 0 aromatic rings. The average molecular weight is 274 g/mol. The van der Waals surface area contributed by atoms with Gasteiger partial charge < -0.3 is 20.9 Å². The van der Waals surface area contributed by atoms with Crippen LogP contribution >= 0.6 is 0 Å². The summed E-state index contributed by atoms with van der Waals surface area (Å²) in [5.74, 6) is -1.15. The molecule has 0 rings (SSSR count). The molecule has 4 N–H and O–H groups in total. The van der Waals surface area contributed by atoms with Crippen molar-refractivity contribution in [1.82, 2.24) is 0 Å². The number of hydrogen-bond donors (Lipinski definition) is 2. The van der Waals surface area contributed by atoms with E-state index in [-0.39, 0.29) is 6.42 Å². The molecule has 6 nitrogen and oxygen atoms in total. The fraction of sp³-hybridized carbons (Fsp3) is 0.846. The van der Waals surface area contributed by atoms with Gasteiger partial charge in [-0.3, -0.25) is 9.59 Å². The van der Waals surface area contributed by atoms with Gasteiger partial charge in [-0.15, -0.1) is 0 Å². The van der Waals surface area contributed by atoms with Gasteiger partial charge >= 0.3 is 11.9 Å². The van der Waals surface area contributed by atoms with Gasteiger partial charge in [0.15, 0.2) is 0 Å². The zero-order chi connectivity index (χ0) is 15.4. The highest BCUT2D eigenvalue weighted by Crippen LogP contribution is 2.12. The SMILES string of the molecule is CC(C)(C)OC(=O)C(N)CC(N)C(=O)OC(C)(C)C. The molecule has 0 fully saturated rings. The molecule has 19 heavy (non-hydrogen) atoms. The summed E-state index contributed by atoms with van der Waals surface area (Å²) in [7, 11) is 0. The highest BCUT2D eigenvalue weighted by Gasteiger charge is 2.28. The summed E-state index contributed by atoms with van der Waals surface area (Å²) in [5.41, 5.74) is 10.1. The minimum absolute atomic E-state index is 0.0101. The zero-order valence-electron chi connectivity index (χ0n) is 12.6. The smallest absolute Gasteiger partial charge is 0.323 e. The first-order chi connectivity index (χ1) is 8.32. The number of carbonyl (C=O) groups excluding carboxylic acids is 2. The van der Waals surface area contributed by atoms with E-state index >= 15 is 0 Å². The quantitative estimate of drug-likeness (QED) is 0.732. The lowest BCUT2D eigenvalue weighted by atomic mass is 10.1. The summed E-state index contributed by atoms with van der Waals surface area (Å²) in [6.07, 6.45) is -0.0101. The number of esters is 2. The lowest BCUT2D eigenvalue weighted by Gasteiger charge is -2.25. The van der Waals surface area contributed by atoms with E-state index in [1.807, 2.05) is 0 Å². The molecule has 0 spiro atoms. The lowest BCUT2D eigenvalue weighted by molar-refractivity contribution is -0.159. The van der Waals surface area contributed by atoms with Crippen LogP contribution in [0.4, 0.5) is 0 Å². The monoisotopic (exact) mass is 274 g/mol. The standard InChI is InChI=1S/C13H26N2O4/c1-12(2,3)18-10(16)8(14)7-9(15)11(17)19-13(4,5)6/h8-9H,7,14-15H2,1-6H3. The molecule has 0 aliphatic heterocycles. The Kier molecular flexibility index (Phi) is 5.96. The molecular weight excluding hydrogens is 248 g/mol. The van der Waals surface area contributed by atoms with Crippen molar-refractivity contribution in [2.45, 2.75) is 71.2 Å². The molecule has 112 valence electrons. The van der Waals surface area contributed by atoms with E-state index < -0.39 is 35.2 Å². The van der Waals surface area contributed by atoms with Gasteiger partial charge in [0.1, 0.15) is 23.3 Å². The Balaban J connectivity index is 4.36. The van der Waals surface area contributed by atoms with E-state index in [9.17, 15) is 9.59 Å². The van der Waals surface area contributed by atoms with Gasteiger partial charge in [0, 0.05) is 0 Å². The normalized spacial score (nSPS) is 15.6. The molecule has 2 unspecified atom stereocenters. The molecular formula is C13H26N2O4. The lowest BCUT2D eigenvalue weighted by Crippen LogP contribution is -2.45. The van der Waals surface area contributed by atoms with Crippen LogP contribution in [0, 0.1) is 0 Å². The van der Waals surface area contributed by atoms with Crippen LogP contribution in [0.3, 0.4) is 0 Å². The minimum Gasteiger partial charge on any atom is -0.459 e. The second-order valence-electron chi connectivity index (χ2n) is 6.52. The zero-order valence-corrected chi connectivity index (χ0v) is 12.6. The predicted molar refractivity (Wildman–Crippen MR) is 72.3 cm³/mol. The van der Waals surface area contributed by atoms with Gasteiger partial charge in [0.25, 0.3) is 0 Å². The molecule has 6 heteroatoms. The van der Waals surface area contributed by atoms with Crippen LogP contribution in [0.15, 0.2) is 0 Å². The van der Waals surface area contributed by atoms with E-state index in [1.54, 1.807) is 41.5 Å². The third-order valence-corrected chi connectivity index (χ3v) is 1.93. The molecule has 0 heterocycles. The Bertz CT molecular complexity index is 297. The van der Waals surface area contributed by atoms with Crippen molar-refractivity contribution < 1.29 is 19.1 Å². The number of nitrogens with two attached hydrogens (primary N) is 2. The van der Waals surface area contributed by atoms with Crippen LogP contribution in [0.5, 0.6) is 0 Å². The van der Waals surface area contributed by atoms with E-state index in [2.05, 4.69) is 0 Å². The Labute approximate surface area is 114 Å². The van der Waals surface area contributed by atoms with Crippen LogP contribution < -0.4 is 11.5 Å². The van der Waals surface area contributed by atoms with E-state index in [4.69, 9.17) is 20.9 Å². The molecule has 2 atom stereocenters. The highest BCUT2D eigenvalue weighted by atomic mass is 16.6. The van der Waals surface area contributed by atoms with Crippen molar-refractivity contribution in [3.63, 3.8) is 0 Å².